The van der Waals surface area contributed by atoms with Crippen LogP contribution in [0.25, 0.3) is 0 Å². The molecule has 4 nitrogen and oxygen atoms in total. The third-order valence-electron chi connectivity index (χ3n) is 6.50. The zero-order valence-electron chi connectivity index (χ0n) is 20.9. The molecule has 0 radical (unpaired) electrons. The van der Waals surface area contributed by atoms with E-state index >= 15 is 0 Å². The molecule has 2 aromatic carbocycles. The predicted molar refractivity (Wildman–Crippen MR) is 148 cm³/mol. The van der Waals surface area contributed by atoms with Gasteiger partial charge in [0.2, 0.25) is 11.8 Å². The smallest absolute Gasteiger partial charge is 0.243 e. The van der Waals surface area contributed by atoms with E-state index in [1.54, 1.807) is 34.9 Å². The van der Waals surface area contributed by atoms with E-state index < -0.39 is 6.04 Å². The second-order valence-electron chi connectivity index (χ2n) is 9.48. The molecule has 7 heteroatoms. The summed E-state index contributed by atoms with van der Waals surface area (Å²) in [6.45, 7) is 6.32. The minimum atomic E-state index is -0.571. The van der Waals surface area contributed by atoms with Crippen molar-refractivity contribution in [2.24, 2.45) is 0 Å². The molecule has 0 bridgehead atoms. The molecule has 0 spiro atoms. The Hall–Kier alpha value is -1.69. The number of benzene rings is 2. The number of rotatable bonds is 10. The van der Waals surface area contributed by atoms with Crippen LogP contribution < -0.4 is 5.32 Å². The van der Waals surface area contributed by atoms with E-state index in [1.807, 2.05) is 6.92 Å². The van der Waals surface area contributed by atoms with E-state index in [4.69, 9.17) is 23.2 Å². The number of hydrogen-bond donors (Lipinski definition) is 1. The third kappa shape index (κ3) is 8.16. The van der Waals surface area contributed by atoms with Crippen LogP contribution in [0.5, 0.6) is 0 Å². The maximum atomic E-state index is 13.5. The maximum absolute atomic E-state index is 13.5. The largest absolute Gasteiger partial charge is 0.352 e. The quantitative estimate of drug-likeness (QED) is 0.353. The summed E-state index contributed by atoms with van der Waals surface area (Å²) >= 11 is 14.5. The molecule has 1 aliphatic rings. The highest BCUT2D eigenvalue weighted by Crippen LogP contribution is 2.28. The second-order valence-corrected chi connectivity index (χ2v) is 11.3. The summed E-state index contributed by atoms with van der Waals surface area (Å²) < 4.78 is 0. The van der Waals surface area contributed by atoms with Crippen molar-refractivity contribution in [3.8, 4) is 0 Å². The predicted octanol–water partition coefficient (Wildman–Crippen LogP) is 7.10. The third-order valence-corrected chi connectivity index (χ3v) is 8.20. The monoisotopic (exact) mass is 534 g/mol. The molecule has 1 N–H and O–H groups in total. The number of aryl methyl sites for hydroxylation is 2. The molecule has 0 aliphatic heterocycles. The minimum absolute atomic E-state index is 0.0824. The Balaban J connectivity index is 1.76. The fourth-order valence-electron chi connectivity index (χ4n) is 4.81. The molecule has 1 atom stereocenters. The van der Waals surface area contributed by atoms with Crippen LogP contribution in [0.3, 0.4) is 0 Å². The van der Waals surface area contributed by atoms with E-state index in [1.165, 1.54) is 23.1 Å². The van der Waals surface area contributed by atoms with Gasteiger partial charge in [0, 0.05) is 33.9 Å². The Morgan fingerprint density at radius 3 is 2.29 bits per heavy atom. The van der Waals surface area contributed by atoms with Gasteiger partial charge in [0.1, 0.15) is 6.04 Å². The number of nitrogens with zero attached hydrogens (tertiary/aromatic N) is 1. The van der Waals surface area contributed by atoms with E-state index in [0.717, 1.165) is 31.4 Å². The van der Waals surface area contributed by atoms with Gasteiger partial charge in [0.15, 0.2) is 0 Å². The Morgan fingerprint density at radius 1 is 1.06 bits per heavy atom. The van der Waals surface area contributed by atoms with Crippen molar-refractivity contribution < 1.29 is 9.59 Å². The van der Waals surface area contributed by atoms with Gasteiger partial charge in [0.05, 0.1) is 5.75 Å². The number of nitrogens with one attached hydrogen (secondary N) is 1. The van der Waals surface area contributed by atoms with Gasteiger partial charge in [-0.05, 0) is 50.8 Å². The molecule has 1 fully saturated rings. The zero-order chi connectivity index (χ0) is 25.4. The van der Waals surface area contributed by atoms with Crippen LogP contribution in [0.4, 0.5) is 0 Å². The lowest BCUT2D eigenvalue weighted by Crippen LogP contribution is -2.52. The van der Waals surface area contributed by atoms with E-state index in [-0.39, 0.29) is 30.2 Å². The molecular weight excluding hydrogens is 499 g/mol. The molecule has 2 amide bonds. The highest BCUT2D eigenvalue weighted by molar-refractivity contribution is 7.99. The van der Waals surface area contributed by atoms with Gasteiger partial charge in [0.25, 0.3) is 0 Å². The zero-order valence-corrected chi connectivity index (χ0v) is 23.2. The van der Waals surface area contributed by atoms with Crippen LogP contribution in [0.1, 0.15) is 67.7 Å². The van der Waals surface area contributed by atoms with E-state index in [9.17, 15) is 9.59 Å². The molecule has 0 heterocycles. The summed E-state index contributed by atoms with van der Waals surface area (Å²) in [5, 5.41) is 4.21. The molecule has 1 aliphatic carbocycles. The Kier molecular flexibility index (Phi) is 10.8. The number of carbonyl (C=O) groups is 2. The van der Waals surface area contributed by atoms with Gasteiger partial charge in [-0.15, -0.1) is 11.8 Å². The first kappa shape index (κ1) is 27.9. The van der Waals surface area contributed by atoms with Gasteiger partial charge in [-0.3, -0.25) is 9.59 Å². The van der Waals surface area contributed by atoms with Crippen LogP contribution in [-0.4, -0.2) is 34.6 Å². The summed E-state index contributed by atoms with van der Waals surface area (Å²) in [4.78, 5) is 28.5. The molecule has 3 rings (SSSR count). The fourth-order valence-corrected chi connectivity index (χ4v) is 6.17. The topological polar surface area (TPSA) is 49.4 Å². The van der Waals surface area contributed by atoms with Crippen molar-refractivity contribution in [2.75, 3.05) is 5.75 Å². The van der Waals surface area contributed by atoms with Crippen molar-refractivity contribution in [3.05, 3.63) is 68.7 Å². The van der Waals surface area contributed by atoms with Crippen molar-refractivity contribution in [2.45, 2.75) is 83.7 Å². The highest BCUT2D eigenvalue weighted by atomic mass is 35.5. The molecule has 190 valence electrons. The van der Waals surface area contributed by atoms with Crippen LogP contribution >= 0.6 is 35.0 Å². The summed E-state index contributed by atoms with van der Waals surface area (Å²) in [5.41, 5.74) is 4.30. The van der Waals surface area contributed by atoms with Crippen molar-refractivity contribution in [3.63, 3.8) is 0 Å². The van der Waals surface area contributed by atoms with Gasteiger partial charge in [-0.25, -0.2) is 0 Å². The van der Waals surface area contributed by atoms with E-state index in [0.29, 0.717) is 22.0 Å². The molecule has 0 saturated heterocycles. The number of hydrogen-bond acceptors (Lipinski definition) is 3. The molecule has 1 saturated carbocycles. The second kappa shape index (κ2) is 13.6. The average Bonchev–Trinajstić information content (AvgIpc) is 2.80. The lowest BCUT2D eigenvalue weighted by molar-refractivity contribution is -0.139. The number of halogens is 2. The van der Waals surface area contributed by atoms with Gasteiger partial charge in [-0.1, -0.05) is 84.8 Å². The fraction of sp³-hybridized carbons (Fsp3) is 0.500. The number of carbonyl (C=O) groups excluding carboxylic acids is 2. The summed E-state index contributed by atoms with van der Waals surface area (Å²) in [5.74, 6) is 0.846. The number of thioether (sulfide) groups is 1. The maximum Gasteiger partial charge on any atom is 0.243 e. The molecule has 35 heavy (non-hydrogen) atoms. The van der Waals surface area contributed by atoms with Gasteiger partial charge < -0.3 is 10.2 Å². The van der Waals surface area contributed by atoms with E-state index in [2.05, 4.69) is 37.4 Å². The average molecular weight is 536 g/mol. The molecule has 0 aromatic heterocycles. The summed E-state index contributed by atoms with van der Waals surface area (Å²) in [6, 6.07) is 11.4. The number of amides is 2. The highest BCUT2D eigenvalue weighted by Gasteiger charge is 2.31. The molecular formula is C28H36Cl2N2O2S. The van der Waals surface area contributed by atoms with Crippen LogP contribution in [-0.2, 0) is 21.9 Å². The van der Waals surface area contributed by atoms with Crippen LogP contribution in [0.15, 0.2) is 36.4 Å². The lowest BCUT2D eigenvalue weighted by atomic mass is 9.95. The lowest BCUT2D eigenvalue weighted by Gasteiger charge is -2.33. The first-order chi connectivity index (χ1) is 16.8. The summed E-state index contributed by atoms with van der Waals surface area (Å²) in [6.07, 6.45) is 6.00. The first-order valence-corrected chi connectivity index (χ1v) is 14.4. The molecule has 0 unspecified atom stereocenters. The van der Waals surface area contributed by atoms with Crippen molar-refractivity contribution >= 4 is 46.8 Å². The summed E-state index contributed by atoms with van der Waals surface area (Å²) in [7, 11) is 0. The van der Waals surface area contributed by atoms with Crippen molar-refractivity contribution in [1.29, 1.82) is 0 Å². The Bertz CT molecular complexity index is 984. The van der Waals surface area contributed by atoms with Crippen molar-refractivity contribution in [1.82, 2.24) is 10.2 Å². The Morgan fingerprint density at radius 2 is 1.69 bits per heavy atom. The minimum Gasteiger partial charge on any atom is -0.352 e. The van der Waals surface area contributed by atoms with Crippen LogP contribution in [0.2, 0.25) is 10.0 Å². The normalized spacial score (nSPS) is 15.0. The SMILES string of the molecule is CC[C@H](C(=O)NC1CCCCC1)N(Cc1c(Cl)cccc1Cl)C(=O)CSCc1cc(C)cc(C)c1. The van der Waals surface area contributed by atoms with Gasteiger partial charge in [-0.2, -0.15) is 0 Å². The standard InChI is InChI=1S/C28H36Cl2N2O2S/c1-4-26(28(34)31-22-9-6-5-7-10-22)32(16-23-24(29)11-8-12-25(23)30)27(33)18-35-17-21-14-19(2)13-20(3)15-21/h8,11-15,22,26H,4-7,9-10,16-18H2,1-3H3,(H,31,34)/t26-/m1/s1. The van der Waals surface area contributed by atoms with Crippen LogP contribution in [0, 0.1) is 13.8 Å². The Labute approximate surface area is 224 Å². The molecule has 2 aromatic rings. The first-order valence-electron chi connectivity index (χ1n) is 12.5. The van der Waals surface area contributed by atoms with Gasteiger partial charge >= 0.3 is 0 Å².